The normalized spacial score (nSPS) is 44.9. The number of rotatable bonds is 1. The van der Waals surface area contributed by atoms with Crippen LogP contribution in [-0.4, -0.2) is 29.2 Å². The number of fused-ring (bicyclic) bond motifs is 1. The van der Waals surface area contributed by atoms with Gasteiger partial charge in [-0.25, -0.2) is 0 Å². The Kier molecular flexibility index (Phi) is 1.13. The van der Waals surface area contributed by atoms with Crippen molar-refractivity contribution in [1.82, 2.24) is 0 Å². The lowest BCUT2D eigenvalue weighted by molar-refractivity contribution is -0.126. The molecule has 0 spiro atoms. The Morgan fingerprint density at radius 2 is 2.60 bits per heavy atom. The summed E-state index contributed by atoms with van der Waals surface area (Å²) >= 11 is 0. The van der Waals surface area contributed by atoms with Crippen LogP contribution in [0.25, 0.3) is 0 Å². The van der Waals surface area contributed by atoms with Crippen molar-refractivity contribution < 1.29 is 14.6 Å². The number of hydrogen-bond donors (Lipinski definition) is 1. The molecule has 0 aromatic carbocycles. The molecule has 2 atom stereocenters. The fourth-order valence-corrected chi connectivity index (χ4v) is 1.64. The van der Waals surface area contributed by atoms with Crippen molar-refractivity contribution in [3.63, 3.8) is 0 Å². The molecule has 1 saturated heterocycles. The van der Waals surface area contributed by atoms with E-state index in [4.69, 9.17) is 9.84 Å². The molecule has 2 rings (SSSR count). The highest BCUT2D eigenvalue weighted by Crippen LogP contribution is 2.44. The average Bonchev–Trinajstić information content (AvgIpc) is 2.65. The minimum atomic E-state index is -0.738. The third kappa shape index (κ3) is 0.592. The number of aliphatic hydroxyl groups is 1. The second-order valence-electron chi connectivity index (χ2n) is 2.97. The summed E-state index contributed by atoms with van der Waals surface area (Å²) in [6.45, 7) is -0.128. The molecule has 56 valence electrons. The Morgan fingerprint density at radius 3 is 3.10 bits per heavy atom. The topological polar surface area (TPSA) is 49.8 Å². The predicted molar refractivity (Wildman–Crippen MR) is 33.5 cm³/mol. The second-order valence-corrected chi connectivity index (χ2v) is 2.97. The zero-order valence-electron chi connectivity index (χ0n) is 5.67. The SMILES string of the molecule is O=C1CCC[C@@H]2O[C@]12CO. The highest BCUT2D eigenvalue weighted by Gasteiger charge is 2.62. The summed E-state index contributed by atoms with van der Waals surface area (Å²) in [5.41, 5.74) is -0.738. The van der Waals surface area contributed by atoms with Crippen molar-refractivity contribution in [3.05, 3.63) is 0 Å². The third-order valence-corrected chi connectivity index (χ3v) is 2.39. The van der Waals surface area contributed by atoms with E-state index in [1.807, 2.05) is 0 Å². The van der Waals surface area contributed by atoms with E-state index in [9.17, 15) is 4.79 Å². The molecule has 1 N–H and O–H groups in total. The van der Waals surface area contributed by atoms with E-state index in [1.54, 1.807) is 0 Å². The maximum Gasteiger partial charge on any atom is 0.175 e. The maximum atomic E-state index is 11.1. The number of hydrogen-bond acceptors (Lipinski definition) is 3. The van der Waals surface area contributed by atoms with Crippen molar-refractivity contribution in [2.45, 2.75) is 31.0 Å². The van der Waals surface area contributed by atoms with Crippen LogP contribution in [0.5, 0.6) is 0 Å². The number of epoxide rings is 1. The van der Waals surface area contributed by atoms with Crippen LogP contribution in [-0.2, 0) is 9.53 Å². The molecule has 3 heteroatoms. The largest absolute Gasteiger partial charge is 0.393 e. The van der Waals surface area contributed by atoms with Crippen molar-refractivity contribution >= 4 is 5.78 Å². The molecule has 0 amide bonds. The Bertz CT molecular complexity index is 178. The number of ether oxygens (including phenoxy) is 1. The van der Waals surface area contributed by atoms with Crippen LogP contribution < -0.4 is 0 Å². The average molecular weight is 142 g/mol. The first-order chi connectivity index (χ1) is 4.79. The highest BCUT2D eigenvalue weighted by molar-refractivity contribution is 5.91. The van der Waals surface area contributed by atoms with Gasteiger partial charge in [0.15, 0.2) is 11.4 Å². The van der Waals surface area contributed by atoms with Crippen molar-refractivity contribution in [2.75, 3.05) is 6.61 Å². The molecule has 0 aromatic rings. The van der Waals surface area contributed by atoms with E-state index in [1.165, 1.54) is 0 Å². The van der Waals surface area contributed by atoms with Gasteiger partial charge >= 0.3 is 0 Å². The monoisotopic (exact) mass is 142 g/mol. The zero-order valence-corrected chi connectivity index (χ0v) is 5.67. The third-order valence-electron chi connectivity index (χ3n) is 2.39. The first-order valence-electron chi connectivity index (χ1n) is 3.61. The number of carbonyl (C=O) groups excluding carboxylic acids is 1. The fourth-order valence-electron chi connectivity index (χ4n) is 1.64. The summed E-state index contributed by atoms with van der Waals surface area (Å²) in [6, 6.07) is 0. The molecule has 2 aliphatic rings. The molecule has 1 saturated carbocycles. The molecule has 1 aliphatic heterocycles. The molecular formula is C7H10O3. The molecular weight excluding hydrogens is 132 g/mol. The predicted octanol–water partition coefficient (Wildman–Crippen LogP) is -0.131. The molecule has 1 aliphatic carbocycles. The fraction of sp³-hybridized carbons (Fsp3) is 0.857. The van der Waals surface area contributed by atoms with Crippen LogP contribution in [0.1, 0.15) is 19.3 Å². The summed E-state index contributed by atoms with van der Waals surface area (Å²) in [7, 11) is 0. The van der Waals surface area contributed by atoms with Gasteiger partial charge in [-0.3, -0.25) is 4.79 Å². The summed E-state index contributed by atoms with van der Waals surface area (Å²) in [5, 5.41) is 8.82. The van der Waals surface area contributed by atoms with Gasteiger partial charge in [-0.05, 0) is 12.8 Å². The Balaban J connectivity index is 2.17. The van der Waals surface area contributed by atoms with E-state index in [-0.39, 0.29) is 18.5 Å². The van der Waals surface area contributed by atoms with Gasteiger partial charge in [0.05, 0.1) is 12.7 Å². The van der Waals surface area contributed by atoms with Crippen LogP contribution >= 0.6 is 0 Å². The van der Waals surface area contributed by atoms with Gasteiger partial charge in [0.1, 0.15) is 0 Å². The summed E-state index contributed by atoms with van der Waals surface area (Å²) < 4.78 is 5.13. The Labute approximate surface area is 59.0 Å². The van der Waals surface area contributed by atoms with Crippen LogP contribution in [0.2, 0.25) is 0 Å². The summed E-state index contributed by atoms with van der Waals surface area (Å²) in [4.78, 5) is 11.1. The molecule has 2 fully saturated rings. The van der Waals surface area contributed by atoms with Gasteiger partial charge in [-0.15, -0.1) is 0 Å². The zero-order chi connectivity index (χ0) is 7.19. The Morgan fingerprint density at radius 1 is 1.80 bits per heavy atom. The van der Waals surface area contributed by atoms with Gasteiger partial charge in [0.2, 0.25) is 0 Å². The highest BCUT2D eigenvalue weighted by atomic mass is 16.6. The summed E-state index contributed by atoms with van der Waals surface area (Å²) in [6.07, 6.45) is 2.48. The lowest BCUT2D eigenvalue weighted by Gasteiger charge is -2.11. The van der Waals surface area contributed by atoms with E-state index < -0.39 is 5.60 Å². The standard InChI is InChI=1S/C7H10O3/c8-4-7-5(9)2-1-3-6(7)10-7/h6,8H,1-4H2/t6-,7+/m0/s1. The minimum absolute atomic E-state index is 0.0405. The first-order valence-corrected chi connectivity index (χ1v) is 3.61. The number of ketones is 1. The van der Waals surface area contributed by atoms with Crippen LogP contribution in [0.15, 0.2) is 0 Å². The molecule has 0 aromatic heterocycles. The molecule has 0 radical (unpaired) electrons. The second kappa shape index (κ2) is 1.80. The first kappa shape index (κ1) is 6.31. The summed E-state index contributed by atoms with van der Waals surface area (Å²) in [5.74, 6) is 0.0891. The van der Waals surface area contributed by atoms with Gasteiger partial charge in [0.25, 0.3) is 0 Å². The van der Waals surface area contributed by atoms with Gasteiger partial charge in [-0.1, -0.05) is 0 Å². The van der Waals surface area contributed by atoms with Gasteiger partial charge < -0.3 is 9.84 Å². The Hall–Kier alpha value is -0.410. The smallest absolute Gasteiger partial charge is 0.175 e. The van der Waals surface area contributed by atoms with Crippen LogP contribution in [0.4, 0.5) is 0 Å². The van der Waals surface area contributed by atoms with Crippen molar-refractivity contribution in [2.24, 2.45) is 0 Å². The number of carbonyl (C=O) groups is 1. The molecule has 3 nitrogen and oxygen atoms in total. The van der Waals surface area contributed by atoms with Crippen molar-refractivity contribution in [1.29, 1.82) is 0 Å². The molecule has 0 bridgehead atoms. The van der Waals surface area contributed by atoms with Crippen LogP contribution in [0, 0.1) is 0 Å². The van der Waals surface area contributed by atoms with Gasteiger partial charge in [0, 0.05) is 6.42 Å². The minimum Gasteiger partial charge on any atom is -0.393 e. The van der Waals surface area contributed by atoms with E-state index in [2.05, 4.69) is 0 Å². The number of aliphatic hydroxyl groups excluding tert-OH is 1. The van der Waals surface area contributed by atoms with E-state index in [0.717, 1.165) is 12.8 Å². The molecule has 0 unspecified atom stereocenters. The lowest BCUT2D eigenvalue weighted by atomic mass is 9.89. The van der Waals surface area contributed by atoms with E-state index in [0.29, 0.717) is 6.42 Å². The maximum absolute atomic E-state index is 11.1. The van der Waals surface area contributed by atoms with Crippen molar-refractivity contribution in [3.8, 4) is 0 Å². The van der Waals surface area contributed by atoms with Crippen LogP contribution in [0.3, 0.4) is 0 Å². The quantitative estimate of drug-likeness (QED) is 0.519. The molecule has 10 heavy (non-hydrogen) atoms. The molecule has 1 heterocycles. The van der Waals surface area contributed by atoms with Gasteiger partial charge in [-0.2, -0.15) is 0 Å². The number of Topliss-reactive ketones (excluding diaryl/α,β-unsaturated/α-hetero) is 1. The van der Waals surface area contributed by atoms with E-state index >= 15 is 0 Å². The lowest BCUT2D eigenvalue weighted by Crippen LogP contribution is -2.34.